The highest BCUT2D eigenvalue weighted by atomic mass is 19.3. The highest BCUT2D eigenvalue weighted by Gasteiger charge is 2.31. The maximum Gasteiger partial charge on any atom is 0.295 e. The zero-order valence-corrected chi connectivity index (χ0v) is 19.1. The molecule has 0 aliphatic carbocycles. The summed E-state index contributed by atoms with van der Waals surface area (Å²) in [6, 6.07) is 7.77. The molecule has 4 rings (SSSR count). The molecule has 1 aliphatic rings. The van der Waals surface area contributed by atoms with Gasteiger partial charge in [-0.1, -0.05) is 18.2 Å². The number of nitrogens with zero attached hydrogens (tertiary/aromatic N) is 4. The van der Waals surface area contributed by atoms with E-state index in [-0.39, 0.29) is 17.7 Å². The van der Waals surface area contributed by atoms with Crippen molar-refractivity contribution in [2.45, 2.75) is 44.8 Å². The summed E-state index contributed by atoms with van der Waals surface area (Å²) in [5, 5.41) is 21.7. The van der Waals surface area contributed by atoms with Gasteiger partial charge in [-0.3, -0.25) is 4.98 Å². The summed E-state index contributed by atoms with van der Waals surface area (Å²) >= 11 is 0. The second-order valence-electron chi connectivity index (χ2n) is 8.52. The molecule has 2 aromatic heterocycles. The van der Waals surface area contributed by atoms with Gasteiger partial charge in [0.2, 0.25) is 0 Å². The van der Waals surface area contributed by atoms with Gasteiger partial charge in [-0.15, -0.1) is 5.10 Å². The van der Waals surface area contributed by atoms with E-state index in [0.29, 0.717) is 17.1 Å². The number of alkyl halides is 2. The van der Waals surface area contributed by atoms with E-state index in [1.54, 1.807) is 19.2 Å². The predicted octanol–water partition coefficient (Wildman–Crippen LogP) is 4.21. The summed E-state index contributed by atoms with van der Waals surface area (Å²) < 4.78 is 33.5. The number of fused-ring (bicyclic) bond motifs is 1. The summed E-state index contributed by atoms with van der Waals surface area (Å²) in [4.78, 5) is 6.91. The van der Waals surface area contributed by atoms with Gasteiger partial charge in [-0.05, 0) is 44.4 Å². The lowest BCUT2D eigenvalue weighted by molar-refractivity contribution is -0.0556. The Labute approximate surface area is 191 Å². The molecule has 0 amide bonds. The molecular weight excluding hydrogens is 428 g/mol. The van der Waals surface area contributed by atoms with Crippen molar-refractivity contribution in [3.8, 4) is 0 Å². The molecule has 176 valence electrons. The molecule has 0 unspecified atom stereocenters. The van der Waals surface area contributed by atoms with E-state index in [2.05, 4.69) is 25.4 Å². The van der Waals surface area contributed by atoms with Gasteiger partial charge in [0, 0.05) is 31.1 Å². The van der Waals surface area contributed by atoms with Crippen LogP contribution in [0.4, 0.5) is 20.3 Å². The average Bonchev–Trinajstić information content (AvgIpc) is 2.85. The fourth-order valence-corrected chi connectivity index (χ4v) is 4.21. The number of aliphatic hydroxyl groups is 1. The second kappa shape index (κ2) is 9.52. The van der Waals surface area contributed by atoms with Gasteiger partial charge in [0.15, 0.2) is 5.82 Å². The van der Waals surface area contributed by atoms with Gasteiger partial charge >= 0.3 is 0 Å². The summed E-state index contributed by atoms with van der Waals surface area (Å²) in [5.74, 6) is -2.75. The maximum absolute atomic E-state index is 14.0. The van der Waals surface area contributed by atoms with Crippen molar-refractivity contribution < 1.29 is 18.6 Å². The fraction of sp³-hybridized carbons (Fsp3) is 0.458. The number of hydrogen-bond donors (Lipinski definition) is 2. The van der Waals surface area contributed by atoms with Crippen LogP contribution < -0.4 is 10.2 Å². The Bertz CT molecular complexity index is 1130. The van der Waals surface area contributed by atoms with Crippen LogP contribution >= 0.6 is 0 Å². The van der Waals surface area contributed by atoms with Crippen molar-refractivity contribution in [3.05, 3.63) is 53.3 Å². The summed E-state index contributed by atoms with van der Waals surface area (Å²) in [6.07, 6.45) is 4.12. The third-order valence-electron chi connectivity index (χ3n) is 6.21. The molecule has 33 heavy (non-hydrogen) atoms. The minimum atomic E-state index is -3.29. The van der Waals surface area contributed by atoms with E-state index in [0.717, 1.165) is 42.5 Å². The average molecular weight is 458 g/mol. The van der Waals surface area contributed by atoms with Crippen molar-refractivity contribution in [1.82, 2.24) is 15.2 Å². The monoisotopic (exact) mass is 457 g/mol. The Hall–Kier alpha value is -2.91. The first-order valence-corrected chi connectivity index (χ1v) is 11.1. The maximum atomic E-state index is 14.0. The van der Waals surface area contributed by atoms with E-state index >= 15 is 0 Å². The standard InChI is InChI=1S/C24H29F2N5O2/c1-15(17-6-4-7-18(10-17)24(25,26)14-32)28-23-21-11-19(12-27-22(21)16(2)29-30-23)31-9-5-8-20(13-31)33-3/h4,6-7,10-12,15,20,32H,5,8-9,13-14H2,1-3H3,(H,28,30)/t15-,20+/m1/s1. The zero-order valence-electron chi connectivity index (χ0n) is 19.1. The molecule has 1 aliphatic heterocycles. The number of piperidine rings is 1. The summed E-state index contributed by atoms with van der Waals surface area (Å²) in [7, 11) is 1.74. The molecule has 0 radical (unpaired) electrons. The lowest BCUT2D eigenvalue weighted by atomic mass is 10.0. The topological polar surface area (TPSA) is 83.4 Å². The number of aromatic nitrogens is 3. The Morgan fingerprint density at radius 3 is 2.88 bits per heavy atom. The number of benzene rings is 1. The number of rotatable bonds is 7. The first-order chi connectivity index (χ1) is 15.8. The van der Waals surface area contributed by atoms with Crippen LogP contribution in [0, 0.1) is 6.92 Å². The smallest absolute Gasteiger partial charge is 0.295 e. The lowest BCUT2D eigenvalue weighted by Gasteiger charge is -2.33. The van der Waals surface area contributed by atoms with Crippen LogP contribution in [0.3, 0.4) is 0 Å². The van der Waals surface area contributed by atoms with Crippen LogP contribution in [0.5, 0.6) is 0 Å². The molecule has 9 heteroatoms. The van der Waals surface area contributed by atoms with Crippen LogP contribution in [0.1, 0.15) is 42.6 Å². The first-order valence-electron chi connectivity index (χ1n) is 11.1. The van der Waals surface area contributed by atoms with Crippen molar-refractivity contribution >= 4 is 22.4 Å². The number of nitrogens with one attached hydrogen (secondary N) is 1. The lowest BCUT2D eigenvalue weighted by Crippen LogP contribution is -2.39. The van der Waals surface area contributed by atoms with Gasteiger partial charge in [0.05, 0.1) is 35.2 Å². The van der Waals surface area contributed by atoms with E-state index in [1.807, 2.05) is 26.1 Å². The molecule has 3 aromatic rings. The highest BCUT2D eigenvalue weighted by molar-refractivity contribution is 5.92. The molecule has 2 atom stereocenters. The number of halogens is 2. The highest BCUT2D eigenvalue weighted by Crippen LogP contribution is 2.32. The van der Waals surface area contributed by atoms with E-state index in [1.165, 1.54) is 12.1 Å². The van der Waals surface area contributed by atoms with E-state index in [4.69, 9.17) is 9.84 Å². The predicted molar refractivity (Wildman–Crippen MR) is 124 cm³/mol. The molecule has 2 N–H and O–H groups in total. The molecule has 0 bridgehead atoms. The largest absolute Gasteiger partial charge is 0.390 e. The zero-order chi connectivity index (χ0) is 23.6. The van der Waals surface area contributed by atoms with Gasteiger partial charge in [0.25, 0.3) is 5.92 Å². The molecule has 1 aromatic carbocycles. The van der Waals surface area contributed by atoms with Gasteiger partial charge < -0.3 is 20.1 Å². The van der Waals surface area contributed by atoms with Crippen molar-refractivity contribution in [2.75, 3.05) is 37.0 Å². The summed E-state index contributed by atoms with van der Waals surface area (Å²) in [5.41, 5.74) is 2.87. The Morgan fingerprint density at radius 2 is 2.12 bits per heavy atom. The SMILES string of the molecule is CO[C@H]1CCCN(c2cnc3c(C)nnc(N[C@H](C)c4cccc(C(F)(F)CO)c4)c3c2)C1. The third kappa shape index (κ3) is 4.89. The molecule has 7 nitrogen and oxygen atoms in total. The van der Waals surface area contributed by atoms with Crippen LogP contribution in [-0.2, 0) is 10.7 Å². The molecule has 1 fully saturated rings. The minimum Gasteiger partial charge on any atom is -0.390 e. The number of hydrogen-bond acceptors (Lipinski definition) is 7. The normalized spacial score (nSPS) is 17.9. The van der Waals surface area contributed by atoms with E-state index in [9.17, 15) is 8.78 Å². The second-order valence-corrected chi connectivity index (χ2v) is 8.52. The molecule has 0 saturated carbocycles. The molecule has 0 spiro atoms. The van der Waals surface area contributed by atoms with Gasteiger partial charge in [0.1, 0.15) is 6.61 Å². The van der Waals surface area contributed by atoms with Crippen LogP contribution in [0.25, 0.3) is 10.9 Å². The number of aryl methyl sites for hydroxylation is 1. The van der Waals surface area contributed by atoms with Crippen LogP contribution in [0.2, 0.25) is 0 Å². The van der Waals surface area contributed by atoms with Crippen molar-refractivity contribution in [3.63, 3.8) is 0 Å². The first kappa shape index (κ1) is 23.3. The van der Waals surface area contributed by atoms with E-state index < -0.39 is 12.5 Å². The number of ether oxygens (including phenoxy) is 1. The number of aliphatic hydroxyl groups excluding tert-OH is 1. The summed E-state index contributed by atoms with van der Waals surface area (Å²) in [6.45, 7) is 4.22. The van der Waals surface area contributed by atoms with Gasteiger partial charge in [-0.25, -0.2) is 0 Å². The number of pyridine rings is 1. The number of anilines is 2. The van der Waals surface area contributed by atoms with Crippen molar-refractivity contribution in [2.24, 2.45) is 0 Å². The van der Waals surface area contributed by atoms with Crippen LogP contribution in [-0.4, -0.2) is 53.2 Å². The Kier molecular flexibility index (Phi) is 6.71. The quantitative estimate of drug-likeness (QED) is 0.550. The van der Waals surface area contributed by atoms with Crippen LogP contribution in [0.15, 0.2) is 36.5 Å². The molecule has 3 heterocycles. The fourth-order valence-electron chi connectivity index (χ4n) is 4.21. The van der Waals surface area contributed by atoms with Crippen molar-refractivity contribution in [1.29, 1.82) is 0 Å². The third-order valence-corrected chi connectivity index (χ3v) is 6.21. The number of methoxy groups -OCH3 is 1. The van der Waals surface area contributed by atoms with Gasteiger partial charge in [-0.2, -0.15) is 13.9 Å². The molecular formula is C24H29F2N5O2. The Balaban J connectivity index is 1.65. The Morgan fingerprint density at radius 1 is 1.30 bits per heavy atom. The minimum absolute atomic E-state index is 0.189. The molecule has 1 saturated heterocycles.